The Morgan fingerprint density at radius 3 is 0.845 bits per heavy atom. The maximum Gasteiger partial charge on any atom is 0.306 e. The van der Waals surface area contributed by atoms with E-state index in [0.717, 1.165) is 103 Å². The molecule has 412 valence electrons. The van der Waals surface area contributed by atoms with Crippen molar-refractivity contribution in [3.8, 4) is 0 Å². The van der Waals surface area contributed by atoms with E-state index in [1.807, 2.05) is 0 Å². The van der Waals surface area contributed by atoms with Crippen LogP contribution in [0.2, 0.25) is 0 Å². The topological polar surface area (TPSA) is 78.9 Å². The molecule has 0 bridgehead atoms. The van der Waals surface area contributed by atoms with Gasteiger partial charge in [0.2, 0.25) is 0 Å². The van der Waals surface area contributed by atoms with Crippen molar-refractivity contribution in [3.05, 3.63) is 60.8 Å². The zero-order valence-corrected chi connectivity index (χ0v) is 47.2. The van der Waals surface area contributed by atoms with Crippen molar-refractivity contribution >= 4 is 17.9 Å². The Morgan fingerprint density at radius 1 is 0.282 bits per heavy atom. The van der Waals surface area contributed by atoms with Crippen molar-refractivity contribution in [1.29, 1.82) is 0 Å². The van der Waals surface area contributed by atoms with E-state index in [9.17, 15) is 14.4 Å². The van der Waals surface area contributed by atoms with Gasteiger partial charge in [-0.25, -0.2) is 0 Å². The summed E-state index contributed by atoms with van der Waals surface area (Å²) in [5.74, 6) is -0.900. The molecule has 0 aliphatic rings. The zero-order valence-electron chi connectivity index (χ0n) is 47.2. The van der Waals surface area contributed by atoms with Gasteiger partial charge in [0.05, 0.1) is 0 Å². The average Bonchev–Trinajstić information content (AvgIpc) is 3.37. The van der Waals surface area contributed by atoms with E-state index in [-0.39, 0.29) is 31.1 Å². The predicted molar refractivity (Wildman–Crippen MR) is 307 cm³/mol. The second-order valence-electron chi connectivity index (χ2n) is 20.6. The van der Waals surface area contributed by atoms with Crippen LogP contribution in [0.1, 0.15) is 316 Å². The van der Waals surface area contributed by atoms with Crippen LogP contribution in [-0.2, 0) is 28.6 Å². The minimum absolute atomic E-state index is 0.0836. The number of ether oxygens (including phenoxy) is 3. The fourth-order valence-corrected chi connectivity index (χ4v) is 8.78. The Bertz CT molecular complexity index is 1280. The Morgan fingerprint density at radius 2 is 0.521 bits per heavy atom. The largest absolute Gasteiger partial charge is 0.462 e. The highest BCUT2D eigenvalue weighted by molar-refractivity contribution is 5.71. The highest BCUT2D eigenvalue weighted by Gasteiger charge is 2.19. The molecule has 0 amide bonds. The lowest BCUT2D eigenvalue weighted by Crippen LogP contribution is -2.30. The summed E-state index contributed by atoms with van der Waals surface area (Å²) in [6.45, 7) is 6.59. The van der Waals surface area contributed by atoms with Crippen LogP contribution >= 0.6 is 0 Å². The van der Waals surface area contributed by atoms with E-state index in [1.165, 1.54) is 173 Å². The van der Waals surface area contributed by atoms with Crippen LogP contribution < -0.4 is 0 Å². The van der Waals surface area contributed by atoms with E-state index in [1.54, 1.807) is 0 Å². The molecule has 0 N–H and O–H groups in total. The zero-order chi connectivity index (χ0) is 51.4. The molecule has 0 saturated carbocycles. The molecule has 0 radical (unpaired) electrons. The van der Waals surface area contributed by atoms with Gasteiger partial charge in [-0.1, -0.05) is 255 Å². The van der Waals surface area contributed by atoms with Crippen LogP contribution in [0.4, 0.5) is 0 Å². The number of rotatable bonds is 56. The third kappa shape index (κ3) is 57.9. The van der Waals surface area contributed by atoms with Crippen molar-refractivity contribution in [3.63, 3.8) is 0 Å². The number of allylic oxidation sites excluding steroid dienone is 10. The minimum atomic E-state index is -0.788. The Balaban J connectivity index is 4.33. The van der Waals surface area contributed by atoms with E-state index in [2.05, 4.69) is 81.5 Å². The van der Waals surface area contributed by atoms with Gasteiger partial charge in [0.25, 0.3) is 0 Å². The smallest absolute Gasteiger partial charge is 0.306 e. The molecule has 0 spiro atoms. The van der Waals surface area contributed by atoms with E-state index >= 15 is 0 Å². The number of carbonyl (C=O) groups excluding carboxylic acids is 3. The molecule has 0 heterocycles. The van der Waals surface area contributed by atoms with Crippen LogP contribution in [-0.4, -0.2) is 37.2 Å². The van der Waals surface area contributed by atoms with Crippen LogP contribution in [0.15, 0.2) is 60.8 Å². The summed E-state index contributed by atoms with van der Waals surface area (Å²) in [5.41, 5.74) is 0. The lowest BCUT2D eigenvalue weighted by atomic mass is 10.0. The van der Waals surface area contributed by atoms with Gasteiger partial charge in [-0.05, 0) is 103 Å². The average molecular weight is 994 g/mol. The quantitative estimate of drug-likeness (QED) is 0.0261. The third-order valence-corrected chi connectivity index (χ3v) is 13.5. The first-order valence-electron chi connectivity index (χ1n) is 30.8. The molecule has 1 atom stereocenters. The minimum Gasteiger partial charge on any atom is -0.462 e. The molecular formula is C65H116O6. The molecule has 71 heavy (non-hydrogen) atoms. The lowest BCUT2D eigenvalue weighted by molar-refractivity contribution is -0.167. The summed E-state index contributed by atoms with van der Waals surface area (Å²) < 4.78 is 16.9. The number of unbranched alkanes of at least 4 members (excludes halogenated alkanes) is 35. The summed E-state index contributed by atoms with van der Waals surface area (Å²) in [5, 5.41) is 0. The lowest BCUT2D eigenvalue weighted by Gasteiger charge is -2.18. The number of hydrogen-bond acceptors (Lipinski definition) is 6. The fourth-order valence-electron chi connectivity index (χ4n) is 8.78. The highest BCUT2D eigenvalue weighted by atomic mass is 16.6. The van der Waals surface area contributed by atoms with Crippen molar-refractivity contribution in [1.82, 2.24) is 0 Å². The standard InChI is InChI=1S/C65H116O6/c1-4-7-10-13-16-19-22-25-28-30-31-32-33-34-35-36-38-40-43-46-49-52-55-58-64(67)70-61-62(60-69-63(66)57-54-51-48-45-42-39-27-24-21-18-15-12-9-6-3)71-65(68)59-56-53-50-47-44-41-37-29-26-23-20-17-14-11-8-5-2/h15,18,20,23-24,27,29-31,37,62H,4-14,16-17,19,21-22,25-26,28,32-36,38-61H2,1-3H3/b18-15-,23-20-,27-24-,31-30-,37-29-. The van der Waals surface area contributed by atoms with Crippen molar-refractivity contribution in [2.45, 2.75) is 322 Å². The van der Waals surface area contributed by atoms with Gasteiger partial charge in [-0.3, -0.25) is 14.4 Å². The molecule has 6 nitrogen and oxygen atoms in total. The second kappa shape index (κ2) is 59.7. The van der Waals surface area contributed by atoms with E-state index in [4.69, 9.17) is 14.2 Å². The summed E-state index contributed by atoms with van der Waals surface area (Å²) in [7, 11) is 0. The van der Waals surface area contributed by atoms with Gasteiger partial charge in [0, 0.05) is 19.3 Å². The Kier molecular flexibility index (Phi) is 57.2. The van der Waals surface area contributed by atoms with Crippen LogP contribution in [0.25, 0.3) is 0 Å². The number of hydrogen-bond donors (Lipinski definition) is 0. The molecule has 0 saturated heterocycles. The maximum absolute atomic E-state index is 12.9. The molecular weight excluding hydrogens is 877 g/mol. The predicted octanol–water partition coefficient (Wildman–Crippen LogP) is 20.8. The first-order valence-corrected chi connectivity index (χ1v) is 30.8. The van der Waals surface area contributed by atoms with Gasteiger partial charge in [-0.15, -0.1) is 0 Å². The van der Waals surface area contributed by atoms with Gasteiger partial charge in [-0.2, -0.15) is 0 Å². The molecule has 0 aromatic carbocycles. The van der Waals surface area contributed by atoms with Crippen LogP contribution in [0.5, 0.6) is 0 Å². The second-order valence-corrected chi connectivity index (χ2v) is 20.6. The molecule has 0 aromatic rings. The molecule has 0 aliphatic heterocycles. The highest BCUT2D eigenvalue weighted by Crippen LogP contribution is 2.16. The van der Waals surface area contributed by atoms with E-state index < -0.39 is 6.10 Å². The molecule has 6 heteroatoms. The molecule has 1 unspecified atom stereocenters. The van der Waals surface area contributed by atoms with Crippen LogP contribution in [0.3, 0.4) is 0 Å². The maximum atomic E-state index is 12.9. The fraction of sp³-hybridized carbons (Fsp3) is 0.800. The van der Waals surface area contributed by atoms with E-state index in [0.29, 0.717) is 19.3 Å². The number of esters is 3. The first-order chi connectivity index (χ1) is 35.0. The van der Waals surface area contributed by atoms with Gasteiger partial charge in [0.15, 0.2) is 6.10 Å². The summed E-state index contributed by atoms with van der Waals surface area (Å²) in [6, 6.07) is 0. The summed E-state index contributed by atoms with van der Waals surface area (Å²) in [4.78, 5) is 38.2. The number of carbonyl (C=O) groups is 3. The van der Waals surface area contributed by atoms with Crippen molar-refractivity contribution in [2.75, 3.05) is 13.2 Å². The molecule has 0 aliphatic carbocycles. The molecule has 0 aromatic heterocycles. The van der Waals surface area contributed by atoms with Gasteiger partial charge >= 0.3 is 17.9 Å². The Labute approximate surface area is 440 Å². The first kappa shape index (κ1) is 68.1. The Hall–Kier alpha value is -2.89. The molecule has 0 rings (SSSR count). The molecule has 0 fully saturated rings. The van der Waals surface area contributed by atoms with Crippen molar-refractivity contribution < 1.29 is 28.6 Å². The SMILES string of the molecule is CCCC/C=C\C/C=C\CCCCCCCC(=O)OCC(COC(=O)CCCCCCCCCCCCC/C=C\CCCCCCCCCC)OC(=O)CCCCCCC/C=C\C/C=C\CCCCCC. The van der Waals surface area contributed by atoms with Gasteiger partial charge < -0.3 is 14.2 Å². The van der Waals surface area contributed by atoms with Crippen LogP contribution in [0, 0.1) is 0 Å². The normalized spacial score (nSPS) is 12.4. The van der Waals surface area contributed by atoms with Crippen molar-refractivity contribution in [2.24, 2.45) is 0 Å². The summed E-state index contributed by atoms with van der Waals surface area (Å²) >= 11 is 0. The van der Waals surface area contributed by atoms with Gasteiger partial charge in [0.1, 0.15) is 13.2 Å². The summed E-state index contributed by atoms with van der Waals surface area (Å²) in [6.07, 6.45) is 75.0. The monoisotopic (exact) mass is 993 g/mol. The third-order valence-electron chi connectivity index (χ3n) is 13.5.